The number of carbonyl (C=O) groups is 1. The monoisotopic (exact) mass is 273 g/mol. The number of rotatable bonds is 2. The quantitative estimate of drug-likeness (QED) is 0.824. The Kier molecular flexibility index (Phi) is 4.78. The lowest BCUT2D eigenvalue weighted by atomic mass is 10.0. The van der Waals surface area contributed by atoms with E-state index in [1.165, 1.54) is 0 Å². The molecule has 1 N–H and O–H groups in total. The fraction of sp³-hybridized carbons (Fsp3) is 0.438. The van der Waals surface area contributed by atoms with Crippen molar-refractivity contribution in [2.45, 2.75) is 19.4 Å². The van der Waals surface area contributed by atoms with E-state index in [0.717, 1.165) is 24.1 Å². The summed E-state index contributed by atoms with van der Waals surface area (Å²) in [6, 6.07) is 5.54. The van der Waals surface area contributed by atoms with Crippen LogP contribution >= 0.6 is 0 Å². The van der Waals surface area contributed by atoms with Crippen molar-refractivity contribution in [2.75, 3.05) is 26.8 Å². The molecule has 4 heteroatoms. The Morgan fingerprint density at radius 2 is 2.35 bits per heavy atom. The first-order valence-electron chi connectivity index (χ1n) is 6.68. The van der Waals surface area contributed by atoms with Gasteiger partial charge in [-0.1, -0.05) is 17.9 Å². The fourth-order valence-electron chi connectivity index (χ4n) is 2.35. The summed E-state index contributed by atoms with van der Waals surface area (Å²) in [4.78, 5) is 14.3. The topological polar surface area (TPSA) is 49.8 Å². The maximum absolute atomic E-state index is 12.5. The molecule has 1 atom stereocenters. The maximum atomic E-state index is 12.5. The van der Waals surface area contributed by atoms with E-state index in [2.05, 4.69) is 11.8 Å². The third-order valence-electron chi connectivity index (χ3n) is 3.55. The zero-order valence-electron chi connectivity index (χ0n) is 11.8. The molecule has 1 unspecified atom stereocenters. The molecule has 0 spiro atoms. The van der Waals surface area contributed by atoms with Crippen molar-refractivity contribution in [3.8, 4) is 11.8 Å². The molecular weight excluding hydrogens is 254 g/mol. The maximum Gasteiger partial charge on any atom is 0.254 e. The van der Waals surface area contributed by atoms with Crippen molar-refractivity contribution in [3.63, 3.8) is 0 Å². The highest BCUT2D eigenvalue weighted by atomic mass is 16.5. The first-order valence-corrected chi connectivity index (χ1v) is 6.68. The lowest BCUT2D eigenvalue weighted by molar-refractivity contribution is 0.0723. The third-order valence-corrected chi connectivity index (χ3v) is 3.55. The molecule has 0 saturated carbocycles. The Bertz CT molecular complexity index is 557. The average Bonchev–Trinajstić information content (AvgIpc) is 2.94. The zero-order valence-corrected chi connectivity index (χ0v) is 11.8. The first kappa shape index (κ1) is 14.6. The Morgan fingerprint density at radius 3 is 3.00 bits per heavy atom. The highest BCUT2D eigenvalue weighted by Crippen LogP contribution is 2.18. The van der Waals surface area contributed by atoms with Crippen molar-refractivity contribution in [3.05, 3.63) is 34.9 Å². The summed E-state index contributed by atoms with van der Waals surface area (Å²) in [5.41, 5.74) is 2.35. The summed E-state index contributed by atoms with van der Waals surface area (Å²) in [5.74, 6) is 5.45. The van der Waals surface area contributed by atoms with Gasteiger partial charge in [-0.15, -0.1) is 0 Å². The Balaban J connectivity index is 2.21. The molecule has 0 aliphatic carbocycles. The number of hydrogen-bond acceptors (Lipinski definition) is 3. The minimum absolute atomic E-state index is 0.0229. The van der Waals surface area contributed by atoms with Gasteiger partial charge < -0.3 is 14.7 Å². The lowest BCUT2D eigenvalue weighted by Gasteiger charge is -2.17. The molecule has 106 valence electrons. The fourth-order valence-corrected chi connectivity index (χ4v) is 2.35. The molecule has 1 aromatic rings. The van der Waals surface area contributed by atoms with Crippen molar-refractivity contribution in [1.82, 2.24) is 4.90 Å². The molecule has 0 aromatic heterocycles. The number of amides is 1. The Morgan fingerprint density at radius 1 is 1.55 bits per heavy atom. The van der Waals surface area contributed by atoms with Gasteiger partial charge in [0.15, 0.2) is 0 Å². The van der Waals surface area contributed by atoms with Crippen LogP contribution < -0.4 is 0 Å². The number of methoxy groups -OCH3 is 1. The molecule has 1 heterocycles. The first-order chi connectivity index (χ1) is 9.65. The molecule has 4 nitrogen and oxygen atoms in total. The minimum Gasteiger partial charge on any atom is -0.384 e. The standard InChI is InChI=1S/C16H19NO3/c1-12-5-6-13(4-3-9-18)10-15(12)16(19)17-8-7-14(11-17)20-2/h5-6,10,14,18H,7-9,11H2,1-2H3. The molecule has 1 saturated heterocycles. The van der Waals surface area contributed by atoms with Gasteiger partial charge in [-0.05, 0) is 31.0 Å². The van der Waals surface area contributed by atoms with Crippen molar-refractivity contribution in [2.24, 2.45) is 0 Å². The normalized spacial score (nSPS) is 17.8. The molecule has 1 aliphatic rings. The van der Waals surface area contributed by atoms with Crippen LogP contribution in [0.1, 0.15) is 27.9 Å². The van der Waals surface area contributed by atoms with Crippen LogP contribution in [0.4, 0.5) is 0 Å². The SMILES string of the molecule is COC1CCN(C(=O)c2cc(C#CCO)ccc2C)C1. The predicted molar refractivity (Wildman–Crippen MR) is 76.5 cm³/mol. The van der Waals surface area contributed by atoms with Gasteiger partial charge >= 0.3 is 0 Å². The second-order valence-electron chi connectivity index (χ2n) is 4.89. The smallest absolute Gasteiger partial charge is 0.254 e. The van der Waals surface area contributed by atoms with Gasteiger partial charge in [-0.2, -0.15) is 0 Å². The van der Waals surface area contributed by atoms with Crippen LogP contribution in [0.5, 0.6) is 0 Å². The van der Waals surface area contributed by atoms with E-state index >= 15 is 0 Å². The number of benzene rings is 1. The number of aryl methyl sites for hydroxylation is 1. The van der Waals surface area contributed by atoms with Crippen LogP contribution in [0.3, 0.4) is 0 Å². The summed E-state index contributed by atoms with van der Waals surface area (Å²) in [6.07, 6.45) is 1.02. The van der Waals surface area contributed by atoms with Gasteiger partial charge in [0, 0.05) is 31.3 Å². The van der Waals surface area contributed by atoms with E-state index in [1.54, 1.807) is 13.2 Å². The van der Waals surface area contributed by atoms with E-state index < -0.39 is 0 Å². The summed E-state index contributed by atoms with van der Waals surface area (Å²) in [7, 11) is 1.68. The van der Waals surface area contributed by atoms with Crippen molar-refractivity contribution >= 4 is 5.91 Å². The number of likely N-dealkylation sites (tertiary alicyclic amines) is 1. The number of aliphatic hydroxyl groups is 1. The number of ether oxygens (including phenoxy) is 1. The van der Waals surface area contributed by atoms with Gasteiger partial charge in [0.05, 0.1) is 6.10 Å². The number of aliphatic hydroxyl groups excluding tert-OH is 1. The molecule has 1 aromatic carbocycles. The summed E-state index contributed by atoms with van der Waals surface area (Å²) in [6.45, 7) is 3.10. The van der Waals surface area contributed by atoms with Crippen LogP contribution in [0.25, 0.3) is 0 Å². The van der Waals surface area contributed by atoms with Gasteiger partial charge in [0.2, 0.25) is 0 Å². The molecule has 1 amide bonds. The van der Waals surface area contributed by atoms with Gasteiger partial charge in [-0.3, -0.25) is 4.79 Å². The Hall–Kier alpha value is -1.83. The predicted octanol–water partition coefficient (Wildman–Crippen LogP) is 1.20. The van der Waals surface area contributed by atoms with Gasteiger partial charge in [0.1, 0.15) is 6.61 Å². The largest absolute Gasteiger partial charge is 0.384 e. The lowest BCUT2D eigenvalue weighted by Crippen LogP contribution is -2.30. The average molecular weight is 273 g/mol. The molecule has 1 fully saturated rings. The second-order valence-corrected chi connectivity index (χ2v) is 4.89. The van der Waals surface area contributed by atoms with Crippen LogP contribution in [-0.4, -0.2) is 48.8 Å². The van der Waals surface area contributed by atoms with Crippen LogP contribution in [-0.2, 0) is 4.74 Å². The van der Waals surface area contributed by atoms with Gasteiger partial charge in [0.25, 0.3) is 5.91 Å². The molecule has 20 heavy (non-hydrogen) atoms. The van der Waals surface area contributed by atoms with E-state index in [9.17, 15) is 4.79 Å². The minimum atomic E-state index is -0.182. The molecular formula is C16H19NO3. The van der Waals surface area contributed by atoms with Gasteiger partial charge in [-0.25, -0.2) is 0 Å². The molecule has 0 bridgehead atoms. The van der Waals surface area contributed by atoms with Crippen LogP contribution in [0.2, 0.25) is 0 Å². The van der Waals surface area contributed by atoms with E-state index in [-0.39, 0.29) is 18.6 Å². The summed E-state index contributed by atoms with van der Waals surface area (Å²) in [5, 5.41) is 8.73. The Labute approximate surface area is 119 Å². The van der Waals surface area contributed by atoms with Crippen molar-refractivity contribution < 1.29 is 14.6 Å². The zero-order chi connectivity index (χ0) is 14.5. The highest BCUT2D eigenvalue weighted by Gasteiger charge is 2.27. The molecule has 1 aliphatic heterocycles. The second kappa shape index (κ2) is 6.56. The molecule has 0 radical (unpaired) electrons. The molecule has 2 rings (SSSR count). The van der Waals surface area contributed by atoms with E-state index in [1.807, 2.05) is 24.0 Å². The number of hydrogen-bond donors (Lipinski definition) is 1. The van der Waals surface area contributed by atoms with E-state index in [0.29, 0.717) is 12.1 Å². The van der Waals surface area contributed by atoms with Crippen LogP contribution in [0, 0.1) is 18.8 Å². The number of carbonyl (C=O) groups excluding carboxylic acids is 1. The third kappa shape index (κ3) is 3.19. The van der Waals surface area contributed by atoms with E-state index in [4.69, 9.17) is 9.84 Å². The van der Waals surface area contributed by atoms with Crippen molar-refractivity contribution in [1.29, 1.82) is 0 Å². The van der Waals surface area contributed by atoms with Crippen LogP contribution in [0.15, 0.2) is 18.2 Å². The highest BCUT2D eigenvalue weighted by molar-refractivity contribution is 5.96. The number of nitrogens with zero attached hydrogens (tertiary/aromatic N) is 1. The summed E-state index contributed by atoms with van der Waals surface area (Å²) >= 11 is 0. The summed E-state index contributed by atoms with van der Waals surface area (Å²) < 4.78 is 5.29.